The van der Waals surface area contributed by atoms with Crippen LogP contribution in [0.25, 0.3) is 0 Å². The summed E-state index contributed by atoms with van der Waals surface area (Å²) in [5.74, 6) is 0.0384. The molecule has 112 valence electrons. The first-order chi connectivity index (χ1) is 10.1. The van der Waals surface area contributed by atoms with Crippen LogP contribution < -0.4 is 9.64 Å². The SMILES string of the molecule is COc1cccc(CN(C)c2nc(CCC(=O)O)cs2)c1. The minimum absolute atomic E-state index is 0.114. The molecule has 2 aromatic rings. The molecule has 0 bridgehead atoms. The van der Waals surface area contributed by atoms with Gasteiger partial charge in [-0.15, -0.1) is 11.3 Å². The van der Waals surface area contributed by atoms with Crippen LogP contribution >= 0.6 is 11.3 Å². The molecule has 0 unspecified atom stereocenters. The highest BCUT2D eigenvalue weighted by Crippen LogP contribution is 2.23. The van der Waals surface area contributed by atoms with Gasteiger partial charge >= 0.3 is 5.97 Å². The molecule has 0 atom stereocenters. The van der Waals surface area contributed by atoms with Gasteiger partial charge in [-0.25, -0.2) is 4.98 Å². The Labute approximate surface area is 127 Å². The van der Waals surface area contributed by atoms with Gasteiger partial charge in [0.05, 0.1) is 19.2 Å². The van der Waals surface area contributed by atoms with E-state index in [-0.39, 0.29) is 6.42 Å². The second kappa shape index (κ2) is 7.08. The van der Waals surface area contributed by atoms with Crippen molar-refractivity contribution in [3.05, 3.63) is 40.9 Å². The molecule has 0 saturated heterocycles. The number of nitrogens with zero attached hydrogens (tertiary/aromatic N) is 2. The van der Waals surface area contributed by atoms with E-state index in [0.717, 1.165) is 28.7 Å². The number of ether oxygens (including phenoxy) is 1. The molecule has 0 amide bonds. The van der Waals surface area contributed by atoms with Crippen LogP contribution in [0, 0.1) is 0 Å². The first-order valence-electron chi connectivity index (χ1n) is 6.58. The van der Waals surface area contributed by atoms with Crippen molar-refractivity contribution in [3.8, 4) is 5.75 Å². The largest absolute Gasteiger partial charge is 0.497 e. The third-order valence-electron chi connectivity index (χ3n) is 3.02. The van der Waals surface area contributed by atoms with Gasteiger partial charge in [0.25, 0.3) is 0 Å². The van der Waals surface area contributed by atoms with E-state index in [9.17, 15) is 4.79 Å². The van der Waals surface area contributed by atoms with E-state index in [0.29, 0.717) is 6.42 Å². The molecular weight excluding hydrogens is 288 g/mol. The number of benzene rings is 1. The van der Waals surface area contributed by atoms with Crippen molar-refractivity contribution in [3.63, 3.8) is 0 Å². The van der Waals surface area contributed by atoms with E-state index < -0.39 is 5.97 Å². The number of methoxy groups -OCH3 is 1. The number of hydrogen-bond donors (Lipinski definition) is 1. The van der Waals surface area contributed by atoms with Crippen LogP contribution in [0.1, 0.15) is 17.7 Å². The van der Waals surface area contributed by atoms with Gasteiger partial charge in [-0.3, -0.25) is 4.79 Å². The Morgan fingerprint density at radius 2 is 2.29 bits per heavy atom. The number of carboxylic acids is 1. The zero-order valence-corrected chi connectivity index (χ0v) is 12.9. The summed E-state index contributed by atoms with van der Waals surface area (Å²) in [4.78, 5) is 17.1. The fraction of sp³-hybridized carbons (Fsp3) is 0.333. The smallest absolute Gasteiger partial charge is 0.303 e. The molecule has 0 fully saturated rings. The van der Waals surface area contributed by atoms with Gasteiger partial charge in [-0.1, -0.05) is 12.1 Å². The van der Waals surface area contributed by atoms with Crippen molar-refractivity contribution in [1.82, 2.24) is 4.98 Å². The zero-order chi connectivity index (χ0) is 15.2. The average molecular weight is 306 g/mol. The van der Waals surface area contributed by atoms with Gasteiger partial charge in [-0.2, -0.15) is 0 Å². The Balaban J connectivity index is 1.99. The number of anilines is 1. The van der Waals surface area contributed by atoms with E-state index >= 15 is 0 Å². The molecule has 1 aromatic carbocycles. The fourth-order valence-electron chi connectivity index (χ4n) is 1.93. The van der Waals surface area contributed by atoms with Crippen molar-refractivity contribution >= 4 is 22.4 Å². The molecule has 0 saturated carbocycles. The topological polar surface area (TPSA) is 62.7 Å². The zero-order valence-electron chi connectivity index (χ0n) is 12.1. The van der Waals surface area contributed by atoms with Crippen molar-refractivity contribution < 1.29 is 14.6 Å². The molecular formula is C15H18N2O3S. The lowest BCUT2D eigenvalue weighted by molar-refractivity contribution is -0.136. The lowest BCUT2D eigenvalue weighted by Gasteiger charge is -2.16. The molecule has 0 aliphatic carbocycles. The van der Waals surface area contributed by atoms with Gasteiger partial charge in [0.1, 0.15) is 5.75 Å². The Morgan fingerprint density at radius 1 is 1.48 bits per heavy atom. The van der Waals surface area contributed by atoms with E-state index in [1.165, 1.54) is 11.3 Å². The molecule has 0 aliphatic heterocycles. The summed E-state index contributed by atoms with van der Waals surface area (Å²) in [7, 11) is 3.62. The van der Waals surface area contributed by atoms with Crippen LogP contribution in [-0.4, -0.2) is 30.2 Å². The summed E-state index contributed by atoms with van der Waals surface area (Å²) in [6.45, 7) is 0.725. The normalized spacial score (nSPS) is 10.4. The lowest BCUT2D eigenvalue weighted by atomic mass is 10.2. The Kier molecular flexibility index (Phi) is 5.16. The molecule has 2 rings (SSSR count). The van der Waals surface area contributed by atoms with Crippen LogP contribution in [0.4, 0.5) is 5.13 Å². The highest BCUT2D eigenvalue weighted by atomic mass is 32.1. The van der Waals surface area contributed by atoms with Crippen molar-refractivity contribution in [2.24, 2.45) is 0 Å². The monoisotopic (exact) mass is 306 g/mol. The summed E-state index contributed by atoms with van der Waals surface area (Å²) in [6.07, 6.45) is 0.585. The molecule has 0 spiro atoms. The van der Waals surface area contributed by atoms with Gasteiger partial charge in [0, 0.05) is 25.4 Å². The molecule has 21 heavy (non-hydrogen) atoms. The second-order valence-electron chi connectivity index (χ2n) is 4.72. The van der Waals surface area contributed by atoms with E-state index in [4.69, 9.17) is 9.84 Å². The fourth-order valence-corrected chi connectivity index (χ4v) is 2.76. The number of carboxylic acid groups (broad SMARTS) is 1. The highest BCUT2D eigenvalue weighted by Gasteiger charge is 2.09. The van der Waals surface area contributed by atoms with Gasteiger partial charge < -0.3 is 14.7 Å². The minimum atomic E-state index is -0.797. The summed E-state index contributed by atoms with van der Waals surface area (Å²) in [6, 6.07) is 7.91. The number of thiazole rings is 1. The summed E-state index contributed by atoms with van der Waals surface area (Å²) in [5, 5.41) is 11.5. The molecule has 1 heterocycles. The van der Waals surface area contributed by atoms with Crippen molar-refractivity contribution in [2.75, 3.05) is 19.1 Å². The highest BCUT2D eigenvalue weighted by molar-refractivity contribution is 7.13. The summed E-state index contributed by atoms with van der Waals surface area (Å²) >= 11 is 1.53. The second-order valence-corrected chi connectivity index (χ2v) is 5.56. The number of carbonyl (C=O) groups is 1. The van der Waals surface area contributed by atoms with Gasteiger partial charge in [0.2, 0.25) is 0 Å². The number of hydrogen-bond acceptors (Lipinski definition) is 5. The van der Waals surface area contributed by atoms with Crippen molar-refractivity contribution in [1.29, 1.82) is 0 Å². The third-order valence-corrected chi connectivity index (χ3v) is 4.02. The molecule has 5 nitrogen and oxygen atoms in total. The van der Waals surface area contributed by atoms with Crippen LogP contribution in [0.5, 0.6) is 5.75 Å². The maximum atomic E-state index is 10.6. The standard InChI is InChI=1S/C15H18N2O3S/c1-17(9-11-4-3-5-13(8-11)20-2)15-16-12(10-21-15)6-7-14(18)19/h3-5,8,10H,6-7,9H2,1-2H3,(H,18,19). The van der Waals surface area contributed by atoms with Crippen LogP contribution in [-0.2, 0) is 17.8 Å². The van der Waals surface area contributed by atoms with Crippen LogP contribution in [0.15, 0.2) is 29.6 Å². The summed E-state index contributed by atoms with van der Waals surface area (Å²) in [5.41, 5.74) is 1.97. The predicted octanol–water partition coefficient (Wildman–Crippen LogP) is 2.81. The van der Waals surface area contributed by atoms with Gasteiger partial charge in [-0.05, 0) is 17.7 Å². The minimum Gasteiger partial charge on any atom is -0.497 e. The first kappa shape index (κ1) is 15.3. The van der Waals surface area contributed by atoms with Gasteiger partial charge in [0.15, 0.2) is 5.13 Å². The maximum Gasteiger partial charge on any atom is 0.303 e. The molecule has 0 aliphatic rings. The molecule has 1 N–H and O–H groups in total. The molecule has 1 aromatic heterocycles. The van der Waals surface area contributed by atoms with Crippen molar-refractivity contribution in [2.45, 2.75) is 19.4 Å². The lowest BCUT2D eigenvalue weighted by Crippen LogP contribution is -2.16. The Hall–Kier alpha value is -2.08. The number of aromatic nitrogens is 1. The summed E-state index contributed by atoms with van der Waals surface area (Å²) < 4.78 is 5.21. The molecule has 6 heteroatoms. The van der Waals surface area contributed by atoms with E-state index in [1.54, 1.807) is 7.11 Å². The Morgan fingerprint density at radius 3 is 3.00 bits per heavy atom. The number of aliphatic carboxylic acids is 1. The van der Waals surface area contributed by atoms with Crippen LogP contribution in [0.3, 0.4) is 0 Å². The van der Waals surface area contributed by atoms with E-state index in [2.05, 4.69) is 4.98 Å². The molecule has 0 radical (unpaired) electrons. The average Bonchev–Trinajstić information content (AvgIpc) is 2.94. The quantitative estimate of drug-likeness (QED) is 0.852. The van der Waals surface area contributed by atoms with Crippen LogP contribution in [0.2, 0.25) is 0 Å². The number of rotatable bonds is 7. The third kappa shape index (κ3) is 4.46. The number of aryl methyl sites for hydroxylation is 1. The predicted molar refractivity (Wildman–Crippen MR) is 83.2 cm³/mol. The first-order valence-corrected chi connectivity index (χ1v) is 7.46. The van der Waals surface area contributed by atoms with E-state index in [1.807, 2.05) is 41.6 Å². The Bertz CT molecular complexity index is 612. The maximum absolute atomic E-state index is 10.6.